The highest BCUT2D eigenvalue weighted by Crippen LogP contribution is 2.41. The molecule has 2 aromatic carbocycles. The van der Waals surface area contributed by atoms with Gasteiger partial charge in [0.1, 0.15) is 46.2 Å². The fourth-order valence-corrected chi connectivity index (χ4v) is 4.80. The summed E-state index contributed by atoms with van der Waals surface area (Å²) in [5, 5.41) is 10.6. The van der Waals surface area contributed by atoms with E-state index in [2.05, 4.69) is 10.5 Å². The van der Waals surface area contributed by atoms with Crippen LogP contribution in [0.25, 0.3) is 33.1 Å². The van der Waals surface area contributed by atoms with Gasteiger partial charge in [0, 0.05) is 5.56 Å². The SMILES string of the molecule is COc1nc2c3c4c1c(C#N)c(N)n4c1c(C)c(OCc4ccccc4)ccc1n3c[n+]2C. The second-order valence-electron chi connectivity index (χ2n) is 8.15. The van der Waals surface area contributed by atoms with E-state index in [4.69, 9.17) is 20.2 Å². The molecule has 33 heavy (non-hydrogen) atoms. The summed E-state index contributed by atoms with van der Waals surface area (Å²) < 4.78 is 17.8. The van der Waals surface area contributed by atoms with Gasteiger partial charge in [-0.05, 0) is 24.6 Å². The van der Waals surface area contributed by atoms with E-state index in [9.17, 15) is 5.26 Å². The first-order valence-corrected chi connectivity index (χ1v) is 10.5. The second-order valence-corrected chi connectivity index (χ2v) is 8.15. The molecule has 0 radical (unpaired) electrons. The normalized spacial score (nSPS) is 11.7. The van der Waals surface area contributed by atoms with E-state index in [0.717, 1.165) is 44.6 Å². The summed E-state index contributed by atoms with van der Waals surface area (Å²) in [4.78, 5) is 4.69. The molecule has 0 atom stereocenters. The molecule has 0 aliphatic heterocycles. The highest BCUT2D eigenvalue weighted by molar-refractivity contribution is 6.12. The Balaban J connectivity index is 1.73. The number of benzene rings is 2. The van der Waals surface area contributed by atoms with Crippen LogP contribution in [-0.2, 0) is 13.7 Å². The van der Waals surface area contributed by atoms with Crippen molar-refractivity contribution >= 4 is 38.9 Å². The summed E-state index contributed by atoms with van der Waals surface area (Å²) >= 11 is 0. The zero-order valence-corrected chi connectivity index (χ0v) is 18.5. The lowest BCUT2D eigenvalue weighted by Crippen LogP contribution is -2.26. The lowest BCUT2D eigenvalue weighted by Gasteiger charge is -2.14. The molecular weight excluding hydrogens is 416 g/mol. The molecule has 2 N–H and O–H groups in total. The van der Waals surface area contributed by atoms with Crippen LogP contribution in [0, 0.1) is 18.3 Å². The van der Waals surface area contributed by atoms with Crippen molar-refractivity contribution < 1.29 is 14.0 Å². The third-order valence-electron chi connectivity index (χ3n) is 6.31. The predicted octanol–water partition coefficient (Wildman–Crippen LogP) is 3.51. The topological polar surface area (TPSA) is 93.9 Å². The first kappa shape index (κ1) is 19.2. The Kier molecular flexibility index (Phi) is 3.92. The quantitative estimate of drug-likeness (QED) is 0.337. The van der Waals surface area contributed by atoms with Crippen LogP contribution in [0.2, 0.25) is 0 Å². The number of rotatable bonds is 4. The zero-order valence-electron chi connectivity index (χ0n) is 18.5. The maximum atomic E-state index is 9.96. The largest absolute Gasteiger partial charge is 0.489 e. The van der Waals surface area contributed by atoms with E-state index < -0.39 is 0 Å². The van der Waals surface area contributed by atoms with E-state index in [1.54, 1.807) is 7.11 Å². The maximum absolute atomic E-state index is 9.96. The Morgan fingerprint density at radius 1 is 1.12 bits per heavy atom. The van der Waals surface area contributed by atoms with E-state index in [1.165, 1.54) is 0 Å². The maximum Gasteiger partial charge on any atom is 0.308 e. The first-order chi connectivity index (χ1) is 16.0. The lowest BCUT2D eigenvalue weighted by molar-refractivity contribution is -0.647. The fraction of sp³-hybridized carbons (Fsp3) is 0.160. The van der Waals surface area contributed by atoms with Crippen LogP contribution in [0.5, 0.6) is 11.6 Å². The highest BCUT2D eigenvalue weighted by Gasteiger charge is 2.32. The molecule has 8 nitrogen and oxygen atoms in total. The minimum absolute atomic E-state index is 0.356. The number of imidazole rings is 1. The Morgan fingerprint density at radius 3 is 2.64 bits per heavy atom. The minimum Gasteiger partial charge on any atom is -0.489 e. The van der Waals surface area contributed by atoms with Crippen LogP contribution >= 0.6 is 0 Å². The third kappa shape index (κ3) is 2.44. The van der Waals surface area contributed by atoms with Gasteiger partial charge in [0.2, 0.25) is 5.52 Å². The standard InChI is InChI=1S/C25H21N6O2/c1-14-18(33-12-15-7-5-4-6-8-15)10-9-17-20(14)31-21-19(16(11-26)23(31)27)25(32-3)28-24-22(21)30(17)13-29(24)2/h4-10,13H,12,27H2,1-3H3/q+1. The molecule has 0 aliphatic rings. The summed E-state index contributed by atoms with van der Waals surface area (Å²) in [6.45, 7) is 2.47. The number of pyridine rings is 1. The van der Waals surface area contributed by atoms with Gasteiger partial charge in [0.05, 0.1) is 19.7 Å². The van der Waals surface area contributed by atoms with Crippen molar-refractivity contribution in [2.75, 3.05) is 12.8 Å². The van der Waals surface area contributed by atoms with Crippen molar-refractivity contribution in [3.05, 3.63) is 65.5 Å². The van der Waals surface area contributed by atoms with Gasteiger partial charge in [0.15, 0.2) is 6.33 Å². The summed E-state index contributed by atoms with van der Waals surface area (Å²) in [7, 11) is 3.49. The molecule has 6 aromatic rings. The zero-order chi connectivity index (χ0) is 22.9. The van der Waals surface area contributed by atoms with E-state index in [0.29, 0.717) is 29.3 Å². The van der Waals surface area contributed by atoms with Gasteiger partial charge in [-0.1, -0.05) is 35.3 Å². The molecule has 0 aliphatic carbocycles. The number of nitrogens with zero attached hydrogens (tertiary/aromatic N) is 5. The number of methoxy groups -OCH3 is 1. The molecule has 0 saturated heterocycles. The van der Waals surface area contributed by atoms with Gasteiger partial charge in [0.25, 0.3) is 0 Å². The van der Waals surface area contributed by atoms with Gasteiger partial charge in [-0.3, -0.25) is 4.40 Å². The Bertz CT molecular complexity index is 1740. The van der Waals surface area contributed by atoms with Crippen molar-refractivity contribution in [2.45, 2.75) is 13.5 Å². The minimum atomic E-state index is 0.356. The number of fused-ring (bicyclic) bond motifs is 3. The summed E-state index contributed by atoms with van der Waals surface area (Å²) in [6.07, 6.45) is 1.98. The van der Waals surface area contributed by atoms with Crippen LogP contribution in [0.3, 0.4) is 0 Å². The number of anilines is 1. The predicted molar refractivity (Wildman–Crippen MR) is 125 cm³/mol. The molecule has 0 unspecified atom stereocenters. The average Bonchev–Trinajstić information content (AvgIpc) is 3.32. The van der Waals surface area contributed by atoms with Gasteiger partial charge >= 0.3 is 11.5 Å². The van der Waals surface area contributed by atoms with E-state index in [-0.39, 0.29) is 0 Å². The molecule has 6 rings (SSSR count). The van der Waals surface area contributed by atoms with Crippen molar-refractivity contribution in [1.82, 2.24) is 13.8 Å². The third-order valence-corrected chi connectivity index (χ3v) is 6.31. The molecule has 4 aromatic heterocycles. The van der Waals surface area contributed by atoms with Crippen molar-refractivity contribution in [3.8, 4) is 17.7 Å². The van der Waals surface area contributed by atoms with Gasteiger partial charge in [-0.25, -0.2) is 8.97 Å². The number of ether oxygens (including phenoxy) is 2. The van der Waals surface area contributed by atoms with Crippen LogP contribution in [0.4, 0.5) is 5.82 Å². The number of hydrogen-bond donors (Lipinski definition) is 1. The van der Waals surface area contributed by atoms with E-state index >= 15 is 0 Å². The smallest absolute Gasteiger partial charge is 0.308 e. The van der Waals surface area contributed by atoms with Crippen LogP contribution in [-0.4, -0.2) is 20.9 Å². The van der Waals surface area contributed by atoms with Gasteiger partial charge in [-0.15, -0.1) is 0 Å². The summed E-state index contributed by atoms with van der Waals surface area (Å²) in [6, 6.07) is 16.3. The van der Waals surface area contributed by atoms with Crippen LogP contribution in [0.15, 0.2) is 48.8 Å². The molecule has 0 amide bonds. The lowest BCUT2D eigenvalue weighted by atomic mass is 10.1. The van der Waals surface area contributed by atoms with Crippen molar-refractivity contribution in [1.29, 1.82) is 5.26 Å². The number of hydrogen-bond acceptors (Lipinski definition) is 5. The average molecular weight is 437 g/mol. The monoisotopic (exact) mass is 437 g/mol. The number of nitrogens with two attached hydrogens (primary N) is 1. The van der Waals surface area contributed by atoms with E-state index in [1.807, 2.05) is 71.7 Å². The highest BCUT2D eigenvalue weighted by atomic mass is 16.5. The molecule has 0 fully saturated rings. The molecule has 0 bridgehead atoms. The summed E-state index contributed by atoms with van der Waals surface area (Å²) in [5.41, 5.74) is 13.2. The Labute approximate surface area is 189 Å². The number of nitrogen functional groups attached to an aromatic ring is 1. The molecule has 4 heterocycles. The molecule has 162 valence electrons. The molecule has 0 spiro atoms. The molecule has 8 heteroatoms. The Morgan fingerprint density at radius 2 is 1.91 bits per heavy atom. The number of nitriles is 1. The molecular formula is C25H21N6O2+. The van der Waals surface area contributed by atoms with Gasteiger partial charge in [-0.2, -0.15) is 5.26 Å². The Hall–Kier alpha value is -4.51. The first-order valence-electron chi connectivity index (χ1n) is 10.5. The number of aromatic nitrogens is 4. The fourth-order valence-electron chi connectivity index (χ4n) is 4.80. The van der Waals surface area contributed by atoms with Crippen LogP contribution in [0.1, 0.15) is 16.7 Å². The summed E-state index contributed by atoms with van der Waals surface area (Å²) in [5.74, 6) is 1.50. The van der Waals surface area contributed by atoms with Gasteiger partial charge < -0.3 is 15.2 Å². The second kappa shape index (κ2) is 6.74. The number of aryl methyl sites for hydroxylation is 2. The van der Waals surface area contributed by atoms with Crippen LogP contribution < -0.4 is 19.8 Å². The van der Waals surface area contributed by atoms with Crippen molar-refractivity contribution in [3.63, 3.8) is 0 Å². The van der Waals surface area contributed by atoms with Crippen molar-refractivity contribution in [2.24, 2.45) is 7.05 Å². The molecule has 0 saturated carbocycles.